The smallest absolute Gasteiger partial charge is 0.351 e. The number of anilines is 2. The van der Waals surface area contributed by atoms with Crippen molar-refractivity contribution >= 4 is 19.8 Å². The molecule has 1 saturated heterocycles. The summed E-state index contributed by atoms with van der Waals surface area (Å²) >= 11 is 0. The average Bonchev–Trinajstić information content (AvgIpc) is 3.17. The SMILES string of the molecule is CC(C)(C)[Si](C)(C)O[C@@H]1C[C@H](n2cc3c(nc2=O)Nc2c(OCCN)cccc2O3)O[C@@H]1CO. The predicted molar refractivity (Wildman–Crippen MR) is 131 cm³/mol. The zero-order valence-electron chi connectivity index (χ0n) is 20.3. The molecular weight excluding hydrogens is 456 g/mol. The third-order valence-electron chi connectivity index (χ3n) is 6.67. The topological polar surface area (TPSA) is 130 Å². The molecular formula is C23H34N4O6Si. The summed E-state index contributed by atoms with van der Waals surface area (Å²) in [4.78, 5) is 17.1. The number of rotatable bonds is 7. The molecule has 4 rings (SSSR count). The fraction of sp³-hybridized carbons (Fsp3) is 0.565. The van der Waals surface area contributed by atoms with E-state index < -0.39 is 26.3 Å². The minimum absolute atomic E-state index is 0.00886. The van der Waals surface area contributed by atoms with Crippen LogP contribution in [0.15, 0.2) is 29.2 Å². The molecule has 0 amide bonds. The maximum atomic E-state index is 12.9. The van der Waals surface area contributed by atoms with E-state index in [1.807, 2.05) is 6.07 Å². The summed E-state index contributed by atoms with van der Waals surface area (Å²) in [6.45, 7) is 11.3. The summed E-state index contributed by atoms with van der Waals surface area (Å²) in [6.07, 6.45) is 0.549. The van der Waals surface area contributed by atoms with Crippen LogP contribution in [0.2, 0.25) is 18.1 Å². The van der Waals surface area contributed by atoms with E-state index >= 15 is 0 Å². The van der Waals surface area contributed by atoms with Crippen LogP contribution >= 0.6 is 0 Å². The molecule has 4 N–H and O–H groups in total. The van der Waals surface area contributed by atoms with Crippen molar-refractivity contribution in [3.63, 3.8) is 0 Å². The largest absolute Gasteiger partial charge is 0.490 e. The number of nitrogens with two attached hydrogens (primary N) is 1. The lowest BCUT2D eigenvalue weighted by Gasteiger charge is -2.39. The monoisotopic (exact) mass is 490 g/mol. The third kappa shape index (κ3) is 4.71. The Morgan fingerprint density at radius 2 is 2.09 bits per heavy atom. The molecule has 2 aliphatic rings. The van der Waals surface area contributed by atoms with E-state index in [0.717, 1.165) is 0 Å². The fourth-order valence-corrected chi connectivity index (χ4v) is 5.14. The predicted octanol–water partition coefficient (Wildman–Crippen LogP) is 3.10. The van der Waals surface area contributed by atoms with Crippen LogP contribution in [0.25, 0.3) is 0 Å². The van der Waals surface area contributed by atoms with Gasteiger partial charge in [-0.2, -0.15) is 4.98 Å². The second-order valence-corrected chi connectivity index (χ2v) is 14.9. The molecule has 11 heteroatoms. The highest BCUT2D eigenvalue weighted by atomic mass is 28.4. The first-order chi connectivity index (χ1) is 16.0. The molecule has 0 saturated carbocycles. The Morgan fingerprint density at radius 1 is 1.32 bits per heavy atom. The van der Waals surface area contributed by atoms with Crippen LogP contribution in [0.1, 0.15) is 33.4 Å². The van der Waals surface area contributed by atoms with Gasteiger partial charge in [0.2, 0.25) is 0 Å². The van der Waals surface area contributed by atoms with Crippen LogP contribution in [0.4, 0.5) is 11.5 Å². The molecule has 3 heterocycles. The first kappa shape index (κ1) is 24.7. The van der Waals surface area contributed by atoms with Crippen molar-refractivity contribution in [3.05, 3.63) is 34.9 Å². The Hall–Kier alpha value is -2.44. The second kappa shape index (κ2) is 9.31. The van der Waals surface area contributed by atoms with Gasteiger partial charge in [0.25, 0.3) is 0 Å². The molecule has 1 fully saturated rings. The normalized spacial score (nSPS) is 21.9. The molecule has 34 heavy (non-hydrogen) atoms. The van der Waals surface area contributed by atoms with Crippen molar-refractivity contribution in [2.45, 2.75) is 63.8 Å². The molecule has 0 aliphatic carbocycles. The molecule has 0 spiro atoms. The number of aromatic nitrogens is 2. The van der Waals surface area contributed by atoms with Crippen molar-refractivity contribution < 1.29 is 23.7 Å². The minimum Gasteiger partial charge on any atom is -0.490 e. The number of ether oxygens (including phenoxy) is 3. The van der Waals surface area contributed by atoms with Gasteiger partial charge >= 0.3 is 5.69 Å². The zero-order chi connectivity index (χ0) is 24.7. The highest BCUT2D eigenvalue weighted by Crippen LogP contribution is 2.46. The van der Waals surface area contributed by atoms with Crippen molar-refractivity contribution in [1.29, 1.82) is 0 Å². The Balaban J connectivity index is 1.58. The molecule has 3 atom stereocenters. The molecule has 186 valence electrons. The first-order valence-electron chi connectivity index (χ1n) is 11.5. The molecule has 2 aliphatic heterocycles. The van der Waals surface area contributed by atoms with Gasteiger partial charge in [-0.1, -0.05) is 26.8 Å². The van der Waals surface area contributed by atoms with Crippen molar-refractivity contribution in [3.8, 4) is 17.2 Å². The van der Waals surface area contributed by atoms with Gasteiger partial charge in [0.05, 0.1) is 18.9 Å². The quantitative estimate of drug-likeness (QED) is 0.428. The standard InChI is InChI=1S/C23H34N4O6Si/c1-23(2,3)34(4,5)33-16-11-19(32-18(16)13-28)27-12-17-21(26-22(27)29)25-20-14(30-10-9-24)7-6-8-15(20)31-17/h6-8,12,16,18-19,28H,9-11,13,24H2,1-5H3,(H,25,26,29)/t16-,18-,19-/m1/s1. The Morgan fingerprint density at radius 3 is 2.76 bits per heavy atom. The molecule has 2 aromatic rings. The van der Waals surface area contributed by atoms with Crippen molar-refractivity contribution in [1.82, 2.24) is 9.55 Å². The zero-order valence-corrected chi connectivity index (χ0v) is 21.3. The van der Waals surface area contributed by atoms with Gasteiger partial charge < -0.3 is 34.8 Å². The van der Waals surface area contributed by atoms with E-state index in [0.29, 0.717) is 48.3 Å². The van der Waals surface area contributed by atoms with Gasteiger partial charge in [0, 0.05) is 13.0 Å². The summed E-state index contributed by atoms with van der Waals surface area (Å²) in [5.74, 6) is 1.80. The summed E-state index contributed by atoms with van der Waals surface area (Å²) in [6, 6.07) is 5.41. The molecule has 0 bridgehead atoms. The highest BCUT2D eigenvalue weighted by Gasteiger charge is 2.45. The van der Waals surface area contributed by atoms with E-state index in [2.05, 4.69) is 44.2 Å². The van der Waals surface area contributed by atoms with E-state index in [1.165, 1.54) is 4.57 Å². The second-order valence-electron chi connectivity index (χ2n) is 10.1. The van der Waals surface area contributed by atoms with Crippen molar-refractivity contribution in [2.75, 3.05) is 25.1 Å². The summed E-state index contributed by atoms with van der Waals surface area (Å²) in [7, 11) is -2.10. The van der Waals surface area contributed by atoms with Gasteiger partial charge in [-0.3, -0.25) is 4.57 Å². The lowest BCUT2D eigenvalue weighted by Crippen LogP contribution is -2.46. The molecule has 1 aromatic carbocycles. The van der Waals surface area contributed by atoms with Gasteiger partial charge in [0.15, 0.2) is 25.6 Å². The molecule has 1 aromatic heterocycles. The maximum Gasteiger partial charge on any atom is 0.351 e. The van der Waals surface area contributed by atoms with Crippen LogP contribution in [0.3, 0.4) is 0 Å². The number of nitrogens with one attached hydrogen (secondary N) is 1. The molecule has 10 nitrogen and oxygen atoms in total. The fourth-order valence-electron chi connectivity index (χ4n) is 3.78. The third-order valence-corrected chi connectivity index (χ3v) is 11.2. The van der Waals surface area contributed by atoms with Gasteiger partial charge in [-0.25, -0.2) is 4.79 Å². The number of para-hydroxylation sites is 1. The van der Waals surface area contributed by atoms with Gasteiger partial charge in [-0.15, -0.1) is 0 Å². The highest BCUT2D eigenvalue weighted by molar-refractivity contribution is 6.74. The lowest BCUT2D eigenvalue weighted by molar-refractivity contribution is -0.0439. The average molecular weight is 491 g/mol. The van der Waals surface area contributed by atoms with Gasteiger partial charge in [0.1, 0.15) is 30.4 Å². The number of aliphatic hydroxyl groups is 1. The molecule has 0 unspecified atom stereocenters. The maximum absolute atomic E-state index is 12.9. The van der Waals surface area contributed by atoms with Crippen LogP contribution in [0, 0.1) is 0 Å². The number of benzene rings is 1. The van der Waals surface area contributed by atoms with Gasteiger partial charge in [-0.05, 0) is 30.3 Å². The van der Waals surface area contributed by atoms with Crippen LogP contribution < -0.4 is 26.2 Å². The van der Waals surface area contributed by atoms with E-state index in [1.54, 1.807) is 18.3 Å². The van der Waals surface area contributed by atoms with Crippen LogP contribution in [0.5, 0.6) is 17.2 Å². The van der Waals surface area contributed by atoms with Crippen LogP contribution in [-0.2, 0) is 9.16 Å². The number of hydrogen-bond donors (Lipinski definition) is 3. The summed E-state index contributed by atoms with van der Waals surface area (Å²) in [5, 5.41) is 13.1. The van der Waals surface area contributed by atoms with Crippen LogP contribution in [-0.4, -0.2) is 54.9 Å². The number of nitrogens with zero attached hydrogens (tertiary/aromatic N) is 2. The van der Waals surface area contributed by atoms with E-state index in [4.69, 9.17) is 24.4 Å². The Bertz CT molecular complexity index is 1100. The summed E-state index contributed by atoms with van der Waals surface area (Å²) in [5.41, 5.74) is 5.64. The molecule has 0 radical (unpaired) electrons. The Kier molecular flexibility index (Phi) is 6.75. The van der Waals surface area contributed by atoms with E-state index in [9.17, 15) is 9.90 Å². The first-order valence-corrected chi connectivity index (χ1v) is 14.4. The van der Waals surface area contributed by atoms with E-state index in [-0.39, 0.29) is 17.7 Å². The van der Waals surface area contributed by atoms with Crippen molar-refractivity contribution in [2.24, 2.45) is 5.73 Å². The Labute approximate surface area is 200 Å². The summed E-state index contributed by atoms with van der Waals surface area (Å²) < 4.78 is 25.7. The number of hydrogen-bond acceptors (Lipinski definition) is 9. The minimum atomic E-state index is -2.10. The number of aliphatic hydroxyl groups excluding tert-OH is 1. The number of fused-ring (bicyclic) bond motifs is 2. The lowest BCUT2D eigenvalue weighted by atomic mass is 10.2.